The van der Waals surface area contributed by atoms with Crippen molar-refractivity contribution < 1.29 is 18.7 Å². The van der Waals surface area contributed by atoms with Crippen LogP contribution in [0.1, 0.15) is 44.0 Å². The molecule has 23 heavy (non-hydrogen) atoms. The van der Waals surface area contributed by atoms with E-state index in [1.807, 2.05) is 13.8 Å². The lowest BCUT2D eigenvalue weighted by molar-refractivity contribution is -0.134. The molecule has 0 aliphatic heterocycles. The Morgan fingerprint density at radius 2 is 2.00 bits per heavy atom. The van der Waals surface area contributed by atoms with Gasteiger partial charge < -0.3 is 14.5 Å². The van der Waals surface area contributed by atoms with E-state index in [0.717, 1.165) is 6.42 Å². The zero-order chi connectivity index (χ0) is 17.0. The van der Waals surface area contributed by atoms with Crippen LogP contribution in [0.15, 0.2) is 33.5 Å². The molecule has 1 atom stereocenters. The summed E-state index contributed by atoms with van der Waals surface area (Å²) < 4.78 is 10.3. The van der Waals surface area contributed by atoms with Crippen molar-refractivity contribution in [3.63, 3.8) is 0 Å². The molecule has 0 aliphatic carbocycles. The Kier molecular flexibility index (Phi) is 5.16. The fraction of sp³-hybridized carbons (Fsp3) is 0.353. The lowest BCUT2D eigenvalue weighted by Gasteiger charge is -2.11. The highest BCUT2D eigenvalue weighted by molar-refractivity contribution is 5.96. The molecule has 1 N–H and O–H groups in total. The van der Waals surface area contributed by atoms with E-state index in [9.17, 15) is 14.4 Å². The Hall–Kier alpha value is -2.63. The molecule has 1 heterocycles. The van der Waals surface area contributed by atoms with Crippen LogP contribution in [-0.2, 0) is 4.79 Å². The zero-order valence-electron chi connectivity index (χ0n) is 13.3. The molecule has 1 aromatic heterocycles. The number of hydrogen-bond acceptors (Lipinski definition) is 5. The maximum absolute atomic E-state index is 12.1. The van der Waals surface area contributed by atoms with Crippen molar-refractivity contribution >= 4 is 22.8 Å². The Morgan fingerprint density at radius 1 is 1.26 bits per heavy atom. The Labute approximate surface area is 133 Å². The summed E-state index contributed by atoms with van der Waals surface area (Å²) in [5, 5.41) is 3.31. The molecule has 6 nitrogen and oxygen atoms in total. The van der Waals surface area contributed by atoms with Gasteiger partial charge in [0.15, 0.2) is 0 Å². The molecule has 1 aromatic carbocycles. The van der Waals surface area contributed by atoms with Crippen LogP contribution in [0, 0.1) is 0 Å². The molecule has 0 bridgehead atoms. The minimum Gasteiger partial charge on any atom is -0.426 e. The lowest BCUT2D eigenvalue weighted by atomic mass is 10.1. The molecule has 0 fully saturated rings. The van der Waals surface area contributed by atoms with E-state index in [4.69, 9.17) is 9.15 Å². The van der Waals surface area contributed by atoms with Gasteiger partial charge in [0.25, 0.3) is 5.91 Å². The van der Waals surface area contributed by atoms with Gasteiger partial charge in [-0.2, -0.15) is 0 Å². The lowest BCUT2D eigenvalue weighted by Crippen LogP contribution is -2.34. The molecule has 2 rings (SSSR count). The number of carbonyl (C=O) groups is 2. The first kappa shape index (κ1) is 16.7. The van der Waals surface area contributed by atoms with Crippen LogP contribution in [0.5, 0.6) is 5.75 Å². The van der Waals surface area contributed by atoms with Crippen molar-refractivity contribution in [2.24, 2.45) is 0 Å². The molecule has 0 saturated carbocycles. The number of carbonyl (C=O) groups excluding carboxylic acids is 2. The number of esters is 1. The van der Waals surface area contributed by atoms with E-state index in [0.29, 0.717) is 11.1 Å². The Morgan fingerprint density at radius 3 is 2.65 bits per heavy atom. The average Bonchev–Trinajstić information content (AvgIpc) is 2.53. The molecule has 0 radical (unpaired) electrons. The molecule has 6 heteroatoms. The fourth-order valence-electron chi connectivity index (χ4n) is 1.92. The summed E-state index contributed by atoms with van der Waals surface area (Å²) in [4.78, 5) is 35.4. The van der Waals surface area contributed by atoms with Crippen molar-refractivity contribution in [3.8, 4) is 5.75 Å². The second-order valence-corrected chi connectivity index (χ2v) is 5.26. The number of fused-ring (bicyclic) bond motifs is 1. The van der Waals surface area contributed by atoms with Crippen LogP contribution in [0.25, 0.3) is 11.0 Å². The van der Waals surface area contributed by atoms with Gasteiger partial charge in [0.2, 0.25) is 0 Å². The molecule has 1 amide bonds. The molecule has 122 valence electrons. The fourth-order valence-corrected chi connectivity index (χ4v) is 1.92. The standard InChI is InChI=1S/C17H19NO5/c1-4-10(3)18-16(20)13-8-11-6-7-12(22-15(19)5-2)9-14(11)23-17(13)21/h6-10H,4-5H2,1-3H3,(H,18,20). The predicted molar refractivity (Wildman–Crippen MR) is 85.6 cm³/mol. The molecule has 0 aliphatic rings. The van der Waals surface area contributed by atoms with E-state index in [1.54, 1.807) is 19.1 Å². The third kappa shape index (κ3) is 3.97. The van der Waals surface area contributed by atoms with Crippen LogP contribution < -0.4 is 15.7 Å². The van der Waals surface area contributed by atoms with Gasteiger partial charge in [-0.05, 0) is 31.5 Å². The monoisotopic (exact) mass is 317 g/mol. The molecule has 0 spiro atoms. The summed E-state index contributed by atoms with van der Waals surface area (Å²) >= 11 is 0. The molecular formula is C17H19NO5. The van der Waals surface area contributed by atoms with E-state index >= 15 is 0 Å². The SMILES string of the molecule is CCC(=O)Oc1ccc2cc(C(=O)NC(C)CC)c(=O)oc2c1. The topological polar surface area (TPSA) is 85.6 Å². The van der Waals surface area contributed by atoms with Gasteiger partial charge in [0.1, 0.15) is 16.9 Å². The summed E-state index contributed by atoms with van der Waals surface area (Å²) in [6, 6.07) is 6.13. The van der Waals surface area contributed by atoms with Gasteiger partial charge >= 0.3 is 11.6 Å². The first-order chi connectivity index (χ1) is 10.9. The number of rotatable bonds is 5. The third-order valence-corrected chi connectivity index (χ3v) is 3.46. The number of amides is 1. The van der Waals surface area contributed by atoms with Crippen molar-refractivity contribution in [1.29, 1.82) is 0 Å². The van der Waals surface area contributed by atoms with Crippen molar-refractivity contribution in [2.45, 2.75) is 39.7 Å². The highest BCUT2D eigenvalue weighted by Gasteiger charge is 2.15. The molecular weight excluding hydrogens is 298 g/mol. The number of hydrogen-bond donors (Lipinski definition) is 1. The first-order valence-electron chi connectivity index (χ1n) is 7.54. The van der Waals surface area contributed by atoms with Gasteiger partial charge in [0, 0.05) is 23.9 Å². The maximum atomic E-state index is 12.1. The first-order valence-corrected chi connectivity index (χ1v) is 7.54. The molecule has 2 aromatic rings. The molecule has 1 unspecified atom stereocenters. The van der Waals surface area contributed by atoms with Gasteiger partial charge in [-0.15, -0.1) is 0 Å². The largest absolute Gasteiger partial charge is 0.426 e. The van der Waals surface area contributed by atoms with Crippen molar-refractivity contribution in [2.75, 3.05) is 0 Å². The second kappa shape index (κ2) is 7.09. The maximum Gasteiger partial charge on any atom is 0.349 e. The Bertz CT molecular complexity index is 793. The van der Waals surface area contributed by atoms with Gasteiger partial charge in [-0.1, -0.05) is 13.8 Å². The number of benzene rings is 1. The summed E-state index contributed by atoms with van der Waals surface area (Å²) in [5.74, 6) is -0.544. The minimum atomic E-state index is -0.725. The van der Waals surface area contributed by atoms with Crippen LogP contribution in [0.2, 0.25) is 0 Å². The number of ether oxygens (including phenoxy) is 1. The Balaban J connectivity index is 2.35. The highest BCUT2D eigenvalue weighted by Crippen LogP contribution is 2.21. The van der Waals surface area contributed by atoms with Crippen LogP contribution >= 0.6 is 0 Å². The predicted octanol–water partition coefficient (Wildman–Crippen LogP) is 2.64. The van der Waals surface area contributed by atoms with Crippen LogP contribution in [0.4, 0.5) is 0 Å². The van der Waals surface area contributed by atoms with E-state index in [-0.39, 0.29) is 29.6 Å². The van der Waals surface area contributed by atoms with Gasteiger partial charge in [-0.25, -0.2) is 4.79 Å². The summed E-state index contributed by atoms with van der Waals surface area (Å²) in [6.07, 6.45) is 1.01. The second-order valence-electron chi connectivity index (χ2n) is 5.26. The minimum absolute atomic E-state index is 0.0339. The molecule has 0 saturated heterocycles. The number of nitrogens with one attached hydrogen (secondary N) is 1. The van der Waals surface area contributed by atoms with Crippen molar-refractivity contribution in [1.82, 2.24) is 5.32 Å². The van der Waals surface area contributed by atoms with Crippen molar-refractivity contribution in [3.05, 3.63) is 40.2 Å². The highest BCUT2D eigenvalue weighted by atomic mass is 16.5. The average molecular weight is 317 g/mol. The normalized spacial score (nSPS) is 12.0. The summed E-state index contributed by atoms with van der Waals surface area (Å²) in [6.45, 7) is 5.48. The summed E-state index contributed by atoms with van der Waals surface area (Å²) in [7, 11) is 0. The summed E-state index contributed by atoms with van der Waals surface area (Å²) in [5.41, 5.74) is -0.509. The quantitative estimate of drug-likeness (QED) is 0.520. The third-order valence-electron chi connectivity index (χ3n) is 3.46. The van der Waals surface area contributed by atoms with E-state index in [1.165, 1.54) is 12.1 Å². The van der Waals surface area contributed by atoms with Gasteiger partial charge in [0.05, 0.1) is 0 Å². The zero-order valence-corrected chi connectivity index (χ0v) is 13.3. The van der Waals surface area contributed by atoms with Crippen LogP contribution in [0.3, 0.4) is 0 Å². The smallest absolute Gasteiger partial charge is 0.349 e. The van der Waals surface area contributed by atoms with Crippen LogP contribution in [-0.4, -0.2) is 17.9 Å². The van der Waals surface area contributed by atoms with E-state index in [2.05, 4.69) is 5.32 Å². The van der Waals surface area contributed by atoms with E-state index < -0.39 is 11.5 Å². The van der Waals surface area contributed by atoms with Gasteiger partial charge in [-0.3, -0.25) is 9.59 Å².